The first-order valence-electron chi connectivity index (χ1n) is 7.62. The Morgan fingerprint density at radius 1 is 1.23 bits per heavy atom. The maximum Gasteiger partial charge on any atom is 0.387 e. The molecule has 138 valence electrons. The number of nitrogens with one attached hydrogen (secondary N) is 1. The van der Waals surface area contributed by atoms with Crippen molar-refractivity contribution in [3.8, 4) is 11.5 Å². The number of alkyl halides is 2. The summed E-state index contributed by atoms with van der Waals surface area (Å²) in [5.74, 6) is -0.310. The molecule has 1 N–H and O–H groups in total. The number of rotatable bonds is 8. The average molecular weight is 364 g/mol. The fourth-order valence-electron chi connectivity index (χ4n) is 2.07. The Balaban J connectivity index is 1.87. The van der Waals surface area contributed by atoms with Crippen molar-refractivity contribution in [3.05, 3.63) is 53.6 Å². The second-order valence-electron chi connectivity index (χ2n) is 5.21. The molecule has 0 aromatic heterocycles. The fourth-order valence-corrected chi connectivity index (χ4v) is 2.07. The SMILES string of the molecule is COc1cc(/C=N\OCC(=O)Nc2cccc(C)c2)ccc1OC(F)F. The molecule has 0 unspecified atom stereocenters. The summed E-state index contributed by atoms with van der Waals surface area (Å²) >= 11 is 0. The van der Waals surface area contributed by atoms with Gasteiger partial charge in [-0.15, -0.1) is 0 Å². The van der Waals surface area contributed by atoms with Crippen LogP contribution in [0.2, 0.25) is 0 Å². The van der Waals surface area contributed by atoms with E-state index in [4.69, 9.17) is 9.57 Å². The summed E-state index contributed by atoms with van der Waals surface area (Å²) in [6.45, 7) is -1.30. The van der Waals surface area contributed by atoms with Crippen molar-refractivity contribution in [2.45, 2.75) is 13.5 Å². The Kier molecular flexibility index (Phi) is 6.90. The molecule has 8 heteroatoms. The quantitative estimate of drug-likeness (QED) is 0.574. The van der Waals surface area contributed by atoms with E-state index in [-0.39, 0.29) is 24.0 Å². The van der Waals surface area contributed by atoms with Crippen LogP contribution in [-0.4, -0.2) is 32.4 Å². The number of carbonyl (C=O) groups excluding carboxylic acids is 1. The molecule has 1 amide bonds. The Hall–Kier alpha value is -3.16. The topological polar surface area (TPSA) is 69.2 Å². The van der Waals surface area contributed by atoms with E-state index in [0.717, 1.165) is 5.56 Å². The van der Waals surface area contributed by atoms with E-state index in [0.29, 0.717) is 11.3 Å². The second kappa shape index (κ2) is 9.36. The van der Waals surface area contributed by atoms with Crippen molar-refractivity contribution in [1.82, 2.24) is 0 Å². The third-order valence-corrected chi connectivity index (χ3v) is 3.18. The summed E-state index contributed by atoms with van der Waals surface area (Å²) in [4.78, 5) is 16.7. The highest BCUT2D eigenvalue weighted by Gasteiger charge is 2.10. The summed E-state index contributed by atoms with van der Waals surface area (Å²) in [5, 5.41) is 6.36. The van der Waals surface area contributed by atoms with Gasteiger partial charge in [-0.1, -0.05) is 17.3 Å². The van der Waals surface area contributed by atoms with Gasteiger partial charge in [0.2, 0.25) is 0 Å². The average Bonchev–Trinajstić information content (AvgIpc) is 2.59. The minimum absolute atomic E-state index is 0.0851. The monoisotopic (exact) mass is 364 g/mol. The minimum Gasteiger partial charge on any atom is -0.493 e. The van der Waals surface area contributed by atoms with E-state index in [1.165, 1.54) is 31.5 Å². The van der Waals surface area contributed by atoms with Gasteiger partial charge < -0.3 is 19.6 Å². The first kappa shape index (κ1) is 19.2. The predicted molar refractivity (Wildman–Crippen MR) is 93.0 cm³/mol. The van der Waals surface area contributed by atoms with E-state index < -0.39 is 6.61 Å². The Labute approximate surface area is 149 Å². The highest BCUT2D eigenvalue weighted by Crippen LogP contribution is 2.28. The molecule has 2 aromatic carbocycles. The van der Waals surface area contributed by atoms with E-state index in [1.54, 1.807) is 6.07 Å². The number of methoxy groups -OCH3 is 1. The lowest BCUT2D eigenvalue weighted by molar-refractivity contribution is -0.120. The zero-order chi connectivity index (χ0) is 18.9. The molecular formula is C18H18F2N2O4. The number of carbonyl (C=O) groups is 1. The number of nitrogens with zero attached hydrogens (tertiary/aromatic N) is 1. The molecule has 0 spiro atoms. The Morgan fingerprint density at radius 2 is 2.04 bits per heavy atom. The van der Waals surface area contributed by atoms with Gasteiger partial charge in [-0.05, 0) is 42.8 Å². The molecule has 0 aliphatic heterocycles. The number of hydrogen-bond donors (Lipinski definition) is 1. The molecule has 0 radical (unpaired) electrons. The Morgan fingerprint density at radius 3 is 2.73 bits per heavy atom. The molecule has 0 atom stereocenters. The van der Waals surface area contributed by atoms with Crippen LogP contribution in [0.1, 0.15) is 11.1 Å². The van der Waals surface area contributed by atoms with Gasteiger partial charge in [-0.25, -0.2) is 0 Å². The summed E-state index contributed by atoms with van der Waals surface area (Å²) in [6.07, 6.45) is 1.33. The van der Waals surface area contributed by atoms with E-state index in [2.05, 4.69) is 15.2 Å². The molecule has 0 heterocycles. The fraction of sp³-hybridized carbons (Fsp3) is 0.222. The molecule has 0 bridgehead atoms. The lowest BCUT2D eigenvalue weighted by atomic mass is 10.2. The minimum atomic E-state index is -2.95. The lowest BCUT2D eigenvalue weighted by Gasteiger charge is -2.09. The number of hydrogen-bond acceptors (Lipinski definition) is 5. The molecule has 0 saturated carbocycles. The first-order valence-corrected chi connectivity index (χ1v) is 7.62. The van der Waals surface area contributed by atoms with Crippen molar-refractivity contribution in [2.75, 3.05) is 19.0 Å². The van der Waals surface area contributed by atoms with Gasteiger partial charge in [0.25, 0.3) is 5.91 Å². The maximum absolute atomic E-state index is 12.3. The van der Waals surface area contributed by atoms with Crippen LogP contribution in [0.3, 0.4) is 0 Å². The van der Waals surface area contributed by atoms with Crippen molar-refractivity contribution >= 4 is 17.8 Å². The molecule has 0 saturated heterocycles. The van der Waals surface area contributed by atoms with Crippen molar-refractivity contribution in [3.63, 3.8) is 0 Å². The number of oxime groups is 1. The highest BCUT2D eigenvalue weighted by molar-refractivity contribution is 5.91. The van der Waals surface area contributed by atoms with Crippen LogP contribution in [0.4, 0.5) is 14.5 Å². The summed E-state index contributed by atoms with van der Waals surface area (Å²) in [5.41, 5.74) is 2.22. The summed E-state index contributed by atoms with van der Waals surface area (Å²) in [7, 11) is 1.33. The standard InChI is InChI=1S/C18H18F2N2O4/c1-12-4-3-5-14(8-12)22-17(23)11-25-21-10-13-6-7-15(26-18(19)20)16(9-13)24-2/h3-10,18H,11H2,1-2H3,(H,22,23)/b21-10-. The zero-order valence-corrected chi connectivity index (χ0v) is 14.2. The molecule has 26 heavy (non-hydrogen) atoms. The summed E-state index contributed by atoms with van der Waals surface area (Å²) in [6, 6.07) is 11.6. The smallest absolute Gasteiger partial charge is 0.387 e. The van der Waals surface area contributed by atoms with Crippen molar-refractivity contribution < 1.29 is 27.9 Å². The predicted octanol–water partition coefficient (Wildman–Crippen LogP) is 3.59. The molecular weight excluding hydrogens is 346 g/mol. The molecule has 0 aliphatic carbocycles. The highest BCUT2D eigenvalue weighted by atomic mass is 19.3. The number of benzene rings is 2. The largest absolute Gasteiger partial charge is 0.493 e. The second-order valence-corrected chi connectivity index (χ2v) is 5.21. The van der Waals surface area contributed by atoms with Crippen LogP contribution in [0.25, 0.3) is 0 Å². The zero-order valence-electron chi connectivity index (χ0n) is 14.2. The first-order chi connectivity index (χ1) is 12.5. The number of ether oxygens (including phenoxy) is 2. The molecule has 2 rings (SSSR count). The number of aryl methyl sites for hydroxylation is 1. The molecule has 6 nitrogen and oxygen atoms in total. The van der Waals surface area contributed by atoms with Gasteiger partial charge in [0.15, 0.2) is 18.1 Å². The van der Waals surface area contributed by atoms with E-state index >= 15 is 0 Å². The lowest BCUT2D eigenvalue weighted by Crippen LogP contribution is -2.16. The number of halogens is 2. The van der Waals surface area contributed by atoms with Crippen LogP contribution in [-0.2, 0) is 9.63 Å². The van der Waals surface area contributed by atoms with Crippen molar-refractivity contribution in [1.29, 1.82) is 0 Å². The molecule has 2 aromatic rings. The van der Waals surface area contributed by atoms with Gasteiger partial charge in [-0.2, -0.15) is 8.78 Å². The van der Waals surface area contributed by atoms with Crippen LogP contribution in [0.15, 0.2) is 47.6 Å². The van der Waals surface area contributed by atoms with Crippen LogP contribution < -0.4 is 14.8 Å². The molecule has 0 fully saturated rings. The third-order valence-electron chi connectivity index (χ3n) is 3.18. The van der Waals surface area contributed by atoms with Gasteiger partial charge in [0.05, 0.1) is 13.3 Å². The van der Waals surface area contributed by atoms with Gasteiger partial charge in [0.1, 0.15) is 0 Å². The van der Waals surface area contributed by atoms with Gasteiger partial charge in [-0.3, -0.25) is 4.79 Å². The Bertz CT molecular complexity index is 782. The van der Waals surface area contributed by atoms with Gasteiger partial charge >= 0.3 is 6.61 Å². The maximum atomic E-state index is 12.3. The van der Waals surface area contributed by atoms with Crippen LogP contribution in [0, 0.1) is 6.92 Å². The number of amides is 1. The van der Waals surface area contributed by atoms with Gasteiger partial charge in [0, 0.05) is 11.3 Å². The normalized spacial score (nSPS) is 10.8. The molecule has 0 aliphatic rings. The van der Waals surface area contributed by atoms with E-state index in [9.17, 15) is 13.6 Å². The third kappa shape index (κ3) is 6.04. The van der Waals surface area contributed by atoms with Crippen molar-refractivity contribution in [2.24, 2.45) is 5.16 Å². The summed E-state index contributed by atoms with van der Waals surface area (Å²) < 4.78 is 33.9. The van der Waals surface area contributed by atoms with E-state index in [1.807, 2.05) is 25.1 Å². The van der Waals surface area contributed by atoms with Crippen LogP contribution >= 0.6 is 0 Å². The van der Waals surface area contributed by atoms with Crippen LogP contribution in [0.5, 0.6) is 11.5 Å². The number of anilines is 1.